The van der Waals surface area contributed by atoms with E-state index < -0.39 is 30.0 Å². The van der Waals surface area contributed by atoms with Crippen LogP contribution < -0.4 is 5.32 Å². The van der Waals surface area contributed by atoms with Crippen LogP contribution in [0.3, 0.4) is 0 Å². The van der Waals surface area contributed by atoms with Crippen LogP contribution in [0.2, 0.25) is 0 Å². The number of aliphatic hydroxyl groups excluding tert-OH is 1. The third-order valence-electron chi connectivity index (χ3n) is 1.98. The van der Waals surface area contributed by atoms with Crippen LogP contribution in [-0.4, -0.2) is 39.2 Å². The zero-order chi connectivity index (χ0) is 13.0. The minimum atomic E-state index is -1.47. The Kier molecular flexibility index (Phi) is 4.11. The molecule has 0 aliphatic rings. The fraction of sp³-hybridized carbons (Fsp3) is 0.300. The van der Waals surface area contributed by atoms with E-state index in [4.69, 9.17) is 10.2 Å². The van der Waals surface area contributed by atoms with Crippen molar-refractivity contribution in [3.05, 3.63) is 29.8 Å². The van der Waals surface area contributed by atoms with E-state index in [1.54, 1.807) is 0 Å². The van der Waals surface area contributed by atoms with Crippen molar-refractivity contribution in [2.75, 3.05) is 0 Å². The lowest BCUT2D eigenvalue weighted by Crippen LogP contribution is -2.47. The monoisotopic (exact) mass is 242 g/mol. The van der Waals surface area contributed by atoms with Gasteiger partial charge in [0.15, 0.2) is 6.04 Å². The van der Waals surface area contributed by atoms with Gasteiger partial charge in [0.05, 0.1) is 6.10 Å². The fourth-order valence-electron chi connectivity index (χ4n) is 1.14. The molecule has 0 saturated heterocycles. The molecule has 0 spiro atoms. The molecule has 1 rings (SSSR count). The summed E-state index contributed by atoms with van der Waals surface area (Å²) >= 11 is 0. The molecule has 3 N–H and O–H groups in total. The molecule has 0 aliphatic heterocycles. The van der Waals surface area contributed by atoms with Gasteiger partial charge >= 0.3 is 5.97 Å². The van der Waals surface area contributed by atoms with E-state index in [0.717, 1.165) is 6.07 Å². The summed E-state index contributed by atoms with van der Waals surface area (Å²) in [6.45, 7) is 1.22. The van der Waals surface area contributed by atoms with E-state index in [2.05, 4.69) is 4.98 Å². The molecule has 1 aromatic heterocycles. The number of carbonyl (C=O) groups excluding carboxylic acids is 1. The third-order valence-corrected chi connectivity index (χ3v) is 1.98. The number of amides is 1. The zero-order valence-electron chi connectivity index (χ0n) is 8.92. The number of aliphatic carboxylic acids is 1. The summed E-state index contributed by atoms with van der Waals surface area (Å²) in [6, 6.07) is 2.10. The van der Waals surface area contributed by atoms with Crippen LogP contribution in [0.25, 0.3) is 0 Å². The first-order valence-corrected chi connectivity index (χ1v) is 4.76. The van der Waals surface area contributed by atoms with Crippen molar-refractivity contribution in [1.29, 1.82) is 0 Å². The molecule has 1 aromatic rings. The second-order valence-corrected chi connectivity index (χ2v) is 3.38. The van der Waals surface area contributed by atoms with Crippen molar-refractivity contribution in [2.24, 2.45) is 0 Å². The SMILES string of the molecule is C[C@@H](O)[C@H](NC(=O)c1cccc(F)n1)C(=O)O. The number of carboxylic acid groups (broad SMARTS) is 1. The van der Waals surface area contributed by atoms with Gasteiger partial charge < -0.3 is 15.5 Å². The average molecular weight is 242 g/mol. The van der Waals surface area contributed by atoms with Gasteiger partial charge in [0.1, 0.15) is 5.69 Å². The number of aliphatic hydroxyl groups is 1. The molecule has 6 nitrogen and oxygen atoms in total. The van der Waals surface area contributed by atoms with E-state index in [1.165, 1.54) is 19.1 Å². The van der Waals surface area contributed by atoms with Crippen molar-refractivity contribution in [1.82, 2.24) is 10.3 Å². The fourth-order valence-corrected chi connectivity index (χ4v) is 1.14. The molecule has 0 aliphatic carbocycles. The van der Waals surface area contributed by atoms with E-state index >= 15 is 0 Å². The Morgan fingerprint density at radius 3 is 2.59 bits per heavy atom. The lowest BCUT2D eigenvalue weighted by atomic mass is 10.2. The molecule has 1 heterocycles. The lowest BCUT2D eigenvalue weighted by Gasteiger charge is -2.16. The third kappa shape index (κ3) is 3.49. The van der Waals surface area contributed by atoms with Crippen molar-refractivity contribution in [2.45, 2.75) is 19.1 Å². The van der Waals surface area contributed by atoms with Gasteiger partial charge in [-0.1, -0.05) is 6.07 Å². The molecule has 92 valence electrons. The largest absolute Gasteiger partial charge is 0.480 e. The number of hydrogen-bond donors (Lipinski definition) is 3. The molecular formula is C10H11FN2O4. The number of carbonyl (C=O) groups is 2. The predicted octanol–water partition coefficient (Wildman–Crippen LogP) is -0.216. The molecule has 0 bridgehead atoms. The molecule has 0 aromatic carbocycles. The van der Waals surface area contributed by atoms with Crippen molar-refractivity contribution in [3.63, 3.8) is 0 Å². The number of aromatic nitrogens is 1. The van der Waals surface area contributed by atoms with Crippen molar-refractivity contribution < 1.29 is 24.2 Å². The van der Waals surface area contributed by atoms with Gasteiger partial charge in [0.25, 0.3) is 5.91 Å². The summed E-state index contributed by atoms with van der Waals surface area (Å²) in [6.07, 6.45) is -1.27. The first-order valence-electron chi connectivity index (χ1n) is 4.76. The predicted molar refractivity (Wildman–Crippen MR) is 54.8 cm³/mol. The van der Waals surface area contributed by atoms with Gasteiger partial charge in [0, 0.05) is 0 Å². The van der Waals surface area contributed by atoms with Gasteiger partial charge in [-0.3, -0.25) is 4.79 Å². The maximum Gasteiger partial charge on any atom is 0.328 e. The van der Waals surface area contributed by atoms with Crippen LogP contribution in [0.4, 0.5) is 4.39 Å². The van der Waals surface area contributed by atoms with Crippen LogP contribution in [-0.2, 0) is 4.79 Å². The number of hydrogen-bond acceptors (Lipinski definition) is 4. The molecular weight excluding hydrogens is 231 g/mol. The second-order valence-electron chi connectivity index (χ2n) is 3.38. The summed E-state index contributed by atoms with van der Waals surface area (Å²) < 4.78 is 12.7. The summed E-state index contributed by atoms with van der Waals surface area (Å²) in [7, 11) is 0. The van der Waals surface area contributed by atoms with Gasteiger partial charge in [0.2, 0.25) is 5.95 Å². The van der Waals surface area contributed by atoms with E-state index in [0.29, 0.717) is 0 Å². The minimum Gasteiger partial charge on any atom is -0.480 e. The molecule has 0 saturated carbocycles. The number of pyridine rings is 1. The number of nitrogens with one attached hydrogen (secondary N) is 1. The molecule has 0 radical (unpaired) electrons. The van der Waals surface area contributed by atoms with Gasteiger partial charge in [-0.05, 0) is 19.1 Å². The summed E-state index contributed by atoms with van der Waals surface area (Å²) in [5.74, 6) is -3.09. The Morgan fingerprint density at radius 2 is 2.12 bits per heavy atom. The lowest BCUT2D eigenvalue weighted by molar-refractivity contribution is -0.141. The van der Waals surface area contributed by atoms with Gasteiger partial charge in [-0.15, -0.1) is 0 Å². The van der Waals surface area contributed by atoms with E-state index in [-0.39, 0.29) is 5.69 Å². The van der Waals surface area contributed by atoms with E-state index in [1.807, 2.05) is 5.32 Å². The number of halogens is 1. The standard InChI is InChI=1S/C10H11FN2O4/c1-5(14)8(10(16)17)13-9(15)6-3-2-4-7(11)12-6/h2-5,8,14H,1H3,(H,13,15)(H,16,17)/t5-,8+/m1/s1. The number of nitrogens with zero attached hydrogens (tertiary/aromatic N) is 1. The summed E-state index contributed by atoms with van der Waals surface area (Å²) in [5.41, 5.74) is -0.253. The minimum absolute atomic E-state index is 0.253. The topological polar surface area (TPSA) is 99.5 Å². The maximum absolute atomic E-state index is 12.7. The normalized spacial score (nSPS) is 13.8. The number of carboxylic acids is 1. The number of rotatable bonds is 4. The van der Waals surface area contributed by atoms with Crippen LogP contribution in [0, 0.1) is 5.95 Å². The van der Waals surface area contributed by atoms with Crippen LogP contribution in [0.5, 0.6) is 0 Å². The molecule has 17 heavy (non-hydrogen) atoms. The Labute approximate surface area is 96.1 Å². The molecule has 0 fully saturated rings. The highest BCUT2D eigenvalue weighted by Crippen LogP contribution is 2.00. The Hall–Kier alpha value is -2.02. The van der Waals surface area contributed by atoms with E-state index in [9.17, 15) is 14.0 Å². The highest BCUT2D eigenvalue weighted by molar-refractivity contribution is 5.95. The maximum atomic E-state index is 12.7. The first-order chi connectivity index (χ1) is 7.91. The van der Waals surface area contributed by atoms with Crippen molar-refractivity contribution in [3.8, 4) is 0 Å². The quantitative estimate of drug-likeness (QED) is 0.634. The van der Waals surface area contributed by atoms with Crippen LogP contribution >= 0.6 is 0 Å². The Morgan fingerprint density at radius 1 is 1.47 bits per heavy atom. The van der Waals surface area contributed by atoms with Gasteiger partial charge in [-0.25, -0.2) is 9.78 Å². The highest BCUT2D eigenvalue weighted by atomic mass is 19.1. The Bertz CT molecular complexity index is 436. The van der Waals surface area contributed by atoms with Crippen LogP contribution in [0.1, 0.15) is 17.4 Å². The van der Waals surface area contributed by atoms with Gasteiger partial charge in [-0.2, -0.15) is 4.39 Å². The second kappa shape index (κ2) is 5.35. The average Bonchev–Trinajstić information content (AvgIpc) is 2.24. The molecule has 2 atom stereocenters. The molecule has 7 heteroatoms. The highest BCUT2D eigenvalue weighted by Gasteiger charge is 2.25. The Balaban J connectivity index is 2.81. The molecule has 0 unspecified atom stereocenters. The van der Waals surface area contributed by atoms with Crippen LogP contribution in [0.15, 0.2) is 18.2 Å². The smallest absolute Gasteiger partial charge is 0.328 e. The summed E-state index contributed by atoms with van der Waals surface area (Å²) in [5, 5.41) is 19.9. The van der Waals surface area contributed by atoms with Crippen molar-refractivity contribution >= 4 is 11.9 Å². The first kappa shape index (κ1) is 13.0. The molecule has 1 amide bonds. The summed E-state index contributed by atoms with van der Waals surface area (Å²) in [4.78, 5) is 25.5. The zero-order valence-corrected chi connectivity index (χ0v) is 8.92.